The van der Waals surface area contributed by atoms with Crippen LogP contribution in [0.4, 0.5) is 0 Å². The second-order valence-electron chi connectivity index (χ2n) is 7.79. The van der Waals surface area contributed by atoms with Crippen LogP contribution in [0.25, 0.3) is 5.57 Å². The Bertz CT molecular complexity index is 703. The third-order valence-corrected chi connectivity index (χ3v) is 5.75. The monoisotopic (exact) mass is 355 g/mol. The largest absolute Gasteiger partial charge is 0.341 e. The molecule has 5 nitrogen and oxygen atoms in total. The van der Waals surface area contributed by atoms with Crippen LogP contribution in [0.2, 0.25) is 0 Å². The number of amides is 1. The standard InChI is InChI=1S/C21H29N3O2/c1-14(16-7-10-24(11-8-16)21(26)15(2)22)12-19(25)13-18-6-5-17-4-3-9-23-20(17)18/h3-4,6,9,14-16H,5,7-8,10-13,22H2,1-2H3/t14?,15-/m0/s1. The second kappa shape index (κ2) is 8.12. The quantitative estimate of drug-likeness (QED) is 0.851. The van der Waals surface area contributed by atoms with E-state index in [1.54, 1.807) is 13.1 Å². The van der Waals surface area contributed by atoms with E-state index >= 15 is 0 Å². The van der Waals surface area contributed by atoms with Gasteiger partial charge in [-0.3, -0.25) is 14.6 Å². The van der Waals surface area contributed by atoms with E-state index in [2.05, 4.69) is 24.1 Å². The van der Waals surface area contributed by atoms with Crippen LogP contribution < -0.4 is 5.73 Å². The highest BCUT2D eigenvalue weighted by Crippen LogP contribution is 2.31. The molecule has 2 heterocycles. The number of allylic oxidation sites excluding steroid dienone is 2. The summed E-state index contributed by atoms with van der Waals surface area (Å²) in [5.41, 5.74) is 8.99. The third-order valence-electron chi connectivity index (χ3n) is 5.75. The van der Waals surface area contributed by atoms with Gasteiger partial charge in [-0.25, -0.2) is 0 Å². The van der Waals surface area contributed by atoms with Gasteiger partial charge in [0.15, 0.2) is 0 Å². The smallest absolute Gasteiger partial charge is 0.239 e. The Hall–Kier alpha value is -2.01. The summed E-state index contributed by atoms with van der Waals surface area (Å²) in [6, 6.07) is 3.60. The summed E-state index contributed by atoms with van der Waals surface area (Å²) < 4.78 is 0. The third kappa shape index (κ3) is 4.21. The zero-order chi connectivity index (χ0) is 18.7. The van der Waals surface area contributed by atoms with Gasteiger partial charge >= 0.3 is 0 Å². The summed E-state index contributed by atoms with van der Waals surface area (Å²) in [7, 11) is 0. The first-order chi connectivity index (χ1) is 12.5. The Labute approximate surface area is 155 Å². The topological polar surface area (TPSA) is 76.3 Å². The molecular formula is C21H29N3O2. The Kier molecular flexibility index (Phi) is 5.87. The van der Waals surface area contributed by atoms with E-state index in [1.165, 1.54) is 5.56 Å². The predicted octanol–water partition coefficient (Wildman–Crippen LogP) is 2.59. The lowest BCUT2D eigenvalue weighted by Crippen LogP contribution is -2.46. The van der Waals surface area contributed by atoms with Crippen LogP contribution in [0.3, 0.4) is 0 Å². The molecule has 1 aliphatic carbocycles. The number of hydrogen-bond acceptors (Lipinski definition) is 4. The first kappa shape index (κ1) is 18.8. The van der Waals surface area contributed by atoms with Gasteiger partial charge < -0.3 is 10.6 Å². The van der Waals surface area contributed by atoms with Gasteiger partial charge in [0.2, 0.25) is 5.91 Å². The van der Waals surface area contributed by atoms with E-state index < -0.39 is 6.04 Å². The summed E-state index contributed by atoms with van der Waals surface area (Å²) in [6.07, 6.45) is 7.82. The molecule has 1 saturated heterocycles. The van der Waals surface area contributed by atoms with E-state index in [1.807, 2.05) is 11.0 Å². The maximum absolute atomic E-state index is 12.6. The van der Waals surface area contributed by atoms with Crippen molar-refractivity contribution >= 4 is 17.3 Å². The van der Waals surface area contributed by atoms with Gasteiger partial charge in [0.1, 0.15) is 5.78 Å². The fourth-order valence-electron chi connectivity index (χ4n) is 4.17. The Morgan fingerprint density at radius 3 is 2.73 bits per heavy atom. The van der Waals surface area contributed by atoms with Crippen molar-refractivity contribution < 1.29 is 9.59 Å². The number of nitrogens with zero attached hydrogens (tertiary/aromatic N) is 2. The molecule has 1 amide bonds. The normalized spacial score (nSPS) is 19.7. The number of fused-ring (bicyclic) bond motifs is 1. The molecule has 2 aliphatic rings. The average Bonchev–Trinajstić information content (AvgIpc) is 3.04. The second-order valence-corrected chi connectivity index (χ2v) is 7.79. The number of hydrogen-bond donors (Lipinski definition) is 1. The highest BCUT2D eigenvalue weighted by Gasteiger charge is 2.28. The van der Waals surface area contributed by atoms with Crippen molar-refractivity contribution in [3.63, 3.8) is 0 Å². The molecule has 0 saturated carbocycles. The summed E-state index contributed by atoms with van der Waals surface area (Å²) in [4.78, 5) is 30.9. The summed E-state index contributed by atoms with van der Waals surface area (Å²) in [6.45, 7) is 5.42. The molecule has 0 bridgehead atoms. The van der Waals surface area contributed by atoms with E-state index in [0.717, 1.165) is 43.6 Å². The molecule has 1 fully saturated rings. The molecule has 0 aromatic carbocycles. The van der Waals surface area contributed by atoms with Crippen molar-refractivity contribution in [2.75, 3.05) is 13.1 Å². The molecule has 1 unspecified atom stereocenters. The van der Waals surface area contributed by atoms with Gasteiger partial charge in [-0.1, -0.05) is 19.1 Å². The number of carbonyl (C=O) groups excluding carboxylic acids is 2. The predicted molar refractivity (Wildman–Crippen MR) is 102 cm³/mol. The first-order valence-corrected chi connectivity index (χ1v) is 9.65. The number of Topliss-reactive ketones (excluding diaryl/α,β-unsaturated/α-hetero) is 1. The molecule has 5 heteroatoms. The van der Waals surface area contributed by atoms with Crippen LogP contribution in [0.1, 0.15) is 50.8 Å². The minimum atomic E-state index is -0.429. The lowest BCUT2D eigenvalue weighted by atomic mass is 9.82. The number of carbonyl (C=O) groups is 2. The molecule has 26 heavy (non-hydrogen) atoms. The van der Waals surface area contributed by atoms with Gasteiger partial charge in [-0.15, -0.1) is 0 Å². The number of likely N-dealkylation sites (tertiary alicyclic amines) is 1. The van der Waals surface area contributed by atoms with Gasteiger partial charge in [-0.05, 0) is 55.2 Å². The number of piperidine rings is 1. The van der Waals surface area contributed by atoms with Gasteiger partial charge in [0.25, 0.3) is 0 Å². The van der Waals surface area contributed by atoms with Crippen molar-refractivity contribution in [2.24, 2.45) is 17.6 Å². The average molecular weight is 355 g/mol. The van der Waals surface area contributed by atoms with Crippen molar-refractivity contribution in [3.8, 4) is 0 Å². The Morgan fingerprint density at radius 1 is 1.31 bits per heavy atom. The van der Waals surface area contributed by atoms with Crippen molar-refractivity contribution in [1.82, 2.24) is 9.88 Å². The van der Waals surface area contributed by atoms with Crippen molar-refractivity contribution in [3.05, 3.63) is 35.7 Å². The summed E-state index contributed by atoms with van der Waals surface area (Å²) >= 11 is 0. The zero-order valence-corrected chi connectivity index (χ0v) is 15.8. The minimum absolute atomic E-state index is 0.0338. The molecule has 140 valence electrons. The Balaban J connectivity index is 1.48. The van der Waals surface area contributed by atoms with Crippen LogP contribution in [0, 0.1) is 11.8 Å². The van der Waals surface area contributed by atoms with Gasteiger partial charge in [0, 0.05) is 32.1 Å². The van der Waals surface area contributed by atoms with Crippen LogP contribution in [0.5, 0.6) is 0 Å². The maximum atomic E-state index is 12.6. The maximum Gasteiger partial charge on any atom is 0.239 e. The molecule has 0 radical (unpaired) electrons. The highest BCUT2D eigenvalue weighted by molar-refractivity contribution is 5.91. The lowest BCUT2D eigenvalue weighted by Gasteiger charge is -2.35. The minimum Gasteiger partial charge on any atom is -0.341 e. The fourth-order valence-corrected chi connectivity index (χ4v) is 4.17. The molecule has 3 rings (SSSR count). The fraction of sp³-hybridized carbons (Fsp3) is 0.571. The Morgan fingerprint density at radius 2 is 2.04 bits per heavy atom. The van der Waals surface area contributed by atoms with Gasteiger partial charge in [-0.2, -0.15) is 0 Å². The highest BCUT2D eigenvalue weighted by atomic mass is 16.2. The van der Waals surface area contributed by atoms with Crippen LogP contribution in [0.15, 0.2) is 24.4 Å². The number of pyridine rings is 1. The zero-order valence-electron chi connectivity index (χ0n) is 15.8. The number of rotatable bonds is 6. The van der Waals surface area contributed by atoms with E-state index in [9.17, 15) is 9.59 Å². The van der Waals surface area contributed by atoms with Crippen LogP contribution in [-0.2, 0) is 16.0 Å². The summed E-state index contributed by atoms with van der Waals surface area (Å²) in [5, 5.41) is 0. The molecular weight excluding hydrogens is 326 g/mol. The van der Waals surface area contributed by atoms with Crippen molar-refractivity contribution in [2.45, 2.75) is 52.0 Å². The number of nitrogens with two attached hydrogens (primary N) is 1. The van der Waals surface area contributed by atoms with Gasteiger partial charge in [0.05, 0.1) is 11.7 Å². The van der Waals surface area contributed by atoms with E-state index in [0.29, 0.717) is 24.7 Å². The van der Waals surface area contributed by atoms with E-state index in [-0.39, 0.29) is 11.7 Å². The molecule has 1 aromatic rings. The molecule has 0 spiro atoms. The number of ketones is 1. The first-order valence-electron chi connectivity index (χ1n) is 9.65. The lowest BCUT2D eigenvalue weighted by molar-refractivity contribution is -0.134. The van der Waals surface area contributed by atoms with Crippen LogP contribution >= 0.6 is 0 Å². The molecule has 1 aliphatic heterocycles. The summed E-state index contributed by atoms with van der Waals surface area (Å²) in [5.74, 6) is 1.17. The SMILES string of the molecule is CC(CC(=O)CC1=CCc2cccnc21)C1CCN(C(=O)[C@H](C)N)CC1. The molecule has 2 atom stereocenters. The molecule has 1 aromatic heterocycles. The molecule has 2 N–H and O–H groups in total. The van der Waals surface area contributed by atoms with Crippen LogP contribution in [-0.4, -0.2) is 40.7 Å². The van der Waals surface area contributed by atoms with E-state index in [4.69, 9.17) is 5.73 Å². The number of aromatic nitrogens is 1. The van der Waals surface area contributed by atoms with Crippen molar-refractivity contribution in [1.29, 1.82) is 0 Å².